The molecule has 1 atom stereocenters. The molecular formula is C17H26Cl2F4N2. The Kier molecular flexibility index (Phi) is 10.3. The summed E-state index contributed by atoms with van der Waals surface area (Å²) in [5, 5.41) is 3.22. The molecule has 1 saturated heterocycles. The lowest BCUT2D eigenvalue weighted by molar-refractivity contribution is -0.140. The fourth-order valence-electron chi connectivity index (χ4n) is 3.05. The molecule has 2 rings (SSSR count). The van der Waals surface area contributed by atoms with Crippen LogP contribution in [0.4, 0.5) is 17.6 Å². The van der Waals surface area contributed by atoms with E-state index in [0.717, 1.165) is 38.7 Å². The monoisotopic (exact) mass is 404 g/mol. The highest BCUT2D eigenvalue weighted by Crippen LogP contribution is 2.36. The Hall–Kier alpha value is -0.560. The fraction of sp³-hybridized carbons (Fsp3) is 0.647. The first-order valence-electron chi connectivity index (χ1n) is 8.11. The zero-order valence-corrected chi connectivity index (χ0v) is 16.0. The third-order valence-electron chi connectivity index (χ3n) is 4.30. The van der Waals surface area contributed by atoms with Crippen molar-refractivity contribution in [2.75, 3.05) is 26.2 Å². The maximum atomic E-state index is 14.5. The lowest BCUT2D eigenvalue weighted by Gasteiger charge is -2.36. The van der Waals surface area contributed by atoms with Crippen molar-refractivity contribution in [2.45, 2.75) is 38.9 Å². The quantitative estimate of drug-likeness (QED) is 0.689. The van der Waals surface area contributed by atoms with Crippen LogP contribution in [0.2, 0.25) is 0 Å². The first-order chi connectivity index (χ1) is 10.8. The first-order valence-corrected chi connectivity index (χ1v) is 8.11. The minimum Gasteiger partial charge on any atom is -0.314 e. The Balaban J connectivity index is 0.00000288. The van der Waals surface area contributed by atoms with E-state index in [-0.39, 0.29) is 36.4 Å². The Morgan fingerprint density at radius 3 is 2.20 bits per heavy atom. The van der Waals surface area contributed by atoms with Crippen LogP contribution in [-0.4, -0.2) is 31.1 Å². The molecule has 1 fully saturated rings. The molecular weight excluding hydrogens is 379 g/mol. The molecule has 1 aliphatic rings. The minimum absolute atomic E-state index is 0. The van der Waals surface area contributed by atoms with Gasteiger partial charge in [0.2, 0.25) is 0 Å². The van der Waals surface area contributed by atoms with Crippen LogP contribution in [-0.2, 0) is 6.18 Å². The number of nitrogens with one attached hydrogen (secondary N) is 1. The van der Waals surface area contributed by atoms with Gasteiger partial charge in [-0.1, -0.05) is 26.0 Å². The van der Waals surface area contributed by atoms with Crippen LogP contribution < -0.4 is 5.32 Å². The van der Waals surface area contributed by atoms with E-state index in [1.165, 1.54) is 12.1 Å². The van der Waals surface area contributed by atoms with Gasteiger partial charge < -0.3 is 5.32 Å². The molecule has 25 heavy (non-hydrogen) atoms. The second-order valence-corrected chi connectivity index (χ2v) is 6.48. The third-order valence-corrected chi connectivity index (χ3v) is 4.30. The molecule has 8 heteroatoms. The lowest BCUT2D eigenvalue weighted by Crippen LogP contribution is -2.45. The van der Waals surface area contributed by atoms with Gasteiger partial charge in [0.15, 0.2) is 0 Å². The van der Waals surface area contributed by atoms with Gasteiger partial charge in [-0.15, -0.1) is 24.8 Å². The van der Waals surface area contributed by atoms with Gasteiger partial charge in [0.05, 0.1) is 5.56 Å². The summed E-state index contributed by atoms with van der Waals surface area (Å²) in [6, 6.07) is 3.32. The number of benzene rings is 1. The molecule has 0 aromatic heterocycles. The standard InChI is InChI=1S/C17H24F4N2.2ClH/c1-12(2)6-7-15(23-10-8-22-9-11-23)13-4-3-5-14(16(13)18)17(19,20)21;;/h3-5,12,15,22H,6-11H2,1-2H3;2*1H/t15-;;/m0../s1. The zero-order valence-electron chi connectivity index (χ0n) is 14.4. The van der Waals surface area contributed by atoms with Crippen molar-refractivity contribution < 1.29 is 17.6 Å². The number of alkyl halides is 3. The van der Waals surface area contributed by atoms with Gasteiger partial charge in [-0.05, 0) is 24.8 Å². The molecule has 0 amide bonds. The molecule has 0 radical (unpaired) electrons. The van der Waals surface area contributed by atoms with E-state index >= 15 is 0 Å². The van der Waals surface area contributed by atoms with Crippen LogP contribution in [0.25, 0.3) is 0 Å². The number of piperazine rings is 1. The average molecular weight is 405 g/mol. The number of rotatable bonds is 5. The summed E-state index contributed by atoms with van der Waals surface area (Å²) in [4.78, 5) is 2.09. The topological polar surface area (TPSA) is 15.3 Å². The van der Waals surface area contributed by atoms with Crippen molar-refractivity contribution in [2.24, 2.45) is 5.92 Å². The Morgan fingerprint density at radius 1 is 1.08 bits per heavy atom. The fourth-order valence-corrected chi connectivity index (χ4v) is 3.05. The van der Waals surface area contributed by atoms with E-state index in [2.05, 4.69) is 24.1 Å². The molecule has 1 aliphatic heterocycles. The maximum Gasteiger partial charge on any atom is 0.419 e. The Morgan fingerprint density at radius 2 is 1.68 bits per heavy atom. The smallest absolute Gasteiger partial charge is 0.314 e. The second-order valence-electron chi connectivity index (χ2n) is 6.48. The van der Waals surface area contributed by atoms with E-state index in [1.54, 1.807) is 0 Å². The van der Waals surface area contributed by atoms with Gasteiger partial charge in [-0.25, -0.2) is 4.39 Å². The molecule has 1 N–H and O–H groups in total. The van der Waals surface area contributed by atoms with Crippen molar-refractivity contribution in [1.29, 1.82) is 0 Å². The summed E-state index contributed by atoms with van der Waals surface area (Å²) in [6.07, 6.45) is -3.15. The summed E-state index contributed by atoms with van der Waals surface area (Å²) in [5.41, 5.74) is -0.998. The van der Waals surface area contributed by atoms with Crippen LogP contribution in [0.1, 0.15) is 43.9 Å². The summed E-state index contributed by atoms with van der Waals surface area (Å²) in [5.74, 6) is -0.693. The molecule has 0 unspecified atom stereocenters. The molecule has 1 aromatic rings. The highest BCUT2D eigenvalue weighted by atomic mass is 35.5. The van der Waals surface area contributed by atoms with Gasteiger partial charge in [-0.3, -0.25) is 4.90 Å². The third kappa shape index (κ3) is 6.59. The number of hydrogen-bond donors (Lipinski definition) is 1. The average Bonchev–Trinajstić information content (AvgIpc) is 2.48. The Bertz CT molecular complexity index is 518. The first kappa shape index (κ1) is 24.4. The predicted octanol–water partition coefficient (Wildman–Crippen LogP) is 5.07. The normalized spacial score (nSPS) is 16.9. The molecule has 1 aromatic carbocycles. The summed E-state index contributed by atoms with van der Waals surface area (Å²) in [6.45, 7) is 7.13. The minimum atomic E-state index is -4.66. The second kappa shape index (κ2) is 10.6. The lowest BCUT2D eigenvalue weighted by atomic mass is 9.94. The molecule has 0 bridgehead atoms. The van der Waals surface area contributed by atoms with Gasteiger partial charge in [-0.2, -0.15) is 13.2 Å². The van der Waals surface area contributed by atoms with Crippen LogP contribution in [0.15, 0.2) is 18.2 Å². The van der Waals surface area contributed by atoms with Crippen LogP contribution in [0.3, 0.4) is 0 Å². The van der Waals surface area contributed by atoms with Crippen molar-refractivity contribution >= 4 is 24.8 Å². The molecule has 146 valence electrons. The predicted molar refractivity (Wildman–Crippen MR) is 97.2 cm³/mol. The van der Waals surface area contributed by atoms with E-state index in [9.17, 15) is 17.6 Å². The van der Waals surface area contributed by atoms with E-state index in [4.69, 9.17) is 0 Å². The van der Waals surface area contributed by atoms with Crippen LogP contribution in [0, 0.1) is 11.7 Å². The van der Waals surface area contributed by atoms with Gasteiger partial charge in [0, 0.05) is 37.8 Å². The van der Waals surface area contributed by atoms with Crippen molar-refractivity contribution in [3.63, 3.8) is 0 Å². The SMILES string of the molecule is CC(C)CC[C@@H](c1cccc(C(F)(F)F)c1F)N1CCNCC1.Cl.Cl. The number of nitrogens with zero attached hydrogens (tertiary/aromatic N) is 1. The van der Waals surface area contributed by atoms with Gasteiger partial charge in [0.25, 0.3) is 0 Å². The van der Waals surface area contributed by atoms with Gasteiger partial charge >= 0.3 is 6.18 Å². The van der Waals surface area contributed by atoms with E-state index < -0.39 is 17.6 Å². The van der Waals surface area contributed by atoms with Crippen molar-refractivity contribution in [1.82, 2.24) is 10.2 Å². The molecule has 1 heterocycles. The number of hydrogen-bond acceptors (Lipinski definition) is 2. The highest BCUT2D eigenvalue weighted by Gasteiger charge is 2.36. The van der Waals surface area contributed by atoms with E-state index in [0.29, 0.717) is 12.3 Å². The zero-order chi connectivity index (χ0) is 17.0. The van der Waals surface area contributed by atoms with Gasteiger partial charge in [0.1, 0.15) is 5.82 Å². The van der Waals surface area contributed by atoms with Crippen LogP contribution in [0.5, 0.6) is 0 Å². The molecule has 0 aliphatic carbocycles. The Labute approximate surface area is 159 Å². The maximum absolute atomic E-state index is 14.5. The highest BCUT2D eigenvalue weighted by molar-refractivity contribution is 5.85. The van der Waals surface area contributed by atoms with Crippen molar-refractivity contribution in [3.05, 3.63) is 35.1 Å². The summed E-state index contributed by atoms with van der Waals surface area (Å²) in [7, 11) is 0. The number of halogens is 6. The molecule has 0 saturated carbocycles. The summed E-state index contributed by atoms with van der Waals surface area (Å²) < 4.78 is 53.5. The van der Waals surface area contributed by atoms with Crippen LogP contribution >= 0.6 is 24.8 Å². The molecule has 2 nitrogen and oxygen atoms in total. The van der Waals surface area contributed by atoms with E-state index in [1.807, 2.05) is 0 Å². The van der Waals surface area contributed by atoms with Crippen molar-refractivity contribution in [3.8, 4) is 0 Å². The summed E-state index contributed by atoms with van der Waals surface area (Å²) >= 11 is 0. The largest absolute Gasteiger partial charge is 0.419 e. The molecule has 0 spiro atoms.